The van der Waals surface area contributed by atoms with E-state index in [9.17, 15) is 4.79 Å². The van der Waals surface area contributed by atoms with Gasteiger partial charge in [0.15, 0.2) is 0 Å². The third-order valence-electron chi connectivity index (χ3n) is 6.16. The number of likely N-dealkylation sites (tertiary alicyclic amines) is 1. The van der Waals surface area contributed by atoms with Gasteiger partial charge in [0, 0.05) is 23.7 Å². The monoisotopic (exact) mass is 395 g/mol. The molecule has 4 aromatic rings. The average molecular weight is 396 g/mol. The van der Waals surface area contributed by atoms with Crippen molar-refractivity contribution in [3.05, 3.63) is 77.9 Å². The Morgan fingerprint density at radius 2 is 1.60 bits per heavy atom. The van der Waals surface area contributed by atoms with Crippen molar-refractivity contribution >= 4 is 28.0 Å². The molecule has 1 aliphatic heterocycles. The predicted molar refractivity (Wildman–Crippen MR) is 122 cm³/mol. The summed E-state index contributed by atoms with van der Waals surface area (Å²) in [6, 6.07) is 21.0. The molecule has 5 rings (SSSR count). The average Bonchev–Trinajstić information content (AvgIpc) is 2.79. The van der Waals surface area contributed by atoms with Crippen LogP contribution in [0.2, 0.25) is 0 Å². The molecule has 0 atom stereocenters. The van der Waals surface area contributed by atoms with E-state index >= 15 is 0 Å². The van der Waals surface area contributed by atoms with Crippen molar-refractivity contribution in [1.82, 2.24) is 9.47 Å². The molecular formula is C26H25N3O. The second-order valence-electron chi connectivity index (χ2n) is 8.19. The van der Waals surface area contributed by atoms with E-state index in [1.165, 1.54) is 29.4 Å². The largest absolute Gasteiger partial charge is 0.299 e. The first kappa shape index (κ1) is 18.8. The fraction of sp³-hybridized carbons (Fsp3) is 0.231. The lowest BCUT2D eigenvalue weighted by molar-refractivity contribution is 0.221. The highest BCUT2D eigenvalue weighted by Crippen LogP contribution is 2.31. The highest BCUT2D eigenvalue weighted by atomic mass is 16.1. The van der Waals surface area contributed by atoms with Crippen molar-refractivity contribution in [1.29, 1.82) is 5.41 Å². The Morgan fingerprint density at radius 1 is 0.867 bits per heavy atom. The molecule has 30 heavy (non-hydrogen) atoms. The number of carbonyl (C=O) groups excluding carboxylic acids is 1. The Kier molecular flexibility index (Phi) is 4.93. The number of piperidine rings is 1. The number of hydrogen-bond acceptors (Lipinski definition) is 3. The van der Waals surface area contributed by atoms with Crippen LogP contribution in [0.4, 0.5) is 0 Å². The maximum Gasteiger partial charge on any atom is 0.219 e. The third kappa shape index (κ3) is 3.44. The lowest BCUT2D eigenvalue weighted by Gasteiger charge is -2.26. The van der Waals surface area contributed by atoms with Crippen LogP contribution in [-0.4, -0.2) is 29.0 Å². The summed E-state index contributed by atoms with van der Waals surface area (Å²) in [7, 11) is 0. The van der Waals surface area contributed by atoms with Gasteiger partial charge in [0.05, 0.1) is 0 Å². The Hall–Kier alpha value is -3.24. The molecule has 0 radical (unpaired) electrons. The third-order valence-corrected chi connectivity index (χ3v) is 6.16. The number of rotatable bonds is 4. The summed E-state index contributed by atoms with van der Waals surface area (Å²) in [6.07, 6.45) is 6.41. The molecule has 1 fully saturated rings. The van der Waals surface area contributed by atoms with Crippen LogP contribution in [0, 0.1) is 5.41 Å². The van der Waals surface area contributed by atoms with Crippen LogP contribution in [0.5, 0.6) is 0 Å². The van der Waals surface area contributed by atoms with Gasteiger partial charge in [0.1, 0.15) is 5.49 Å². The maximum absolute atomic E-state index is 11.7. The zero-order valence-corrected chi connectivity index (χ0v) is 17.0. The first-order valence-electron chi connectivity index (χ1n) is 10.6. The van der Waals surface area contributed by atoms with Gasteiger partial charge in [0.2, 0.25) is 6.41 Å². The molecule has 0 saturated carbocycles. The fourth-order valence-corrected chi connectivity index (χ4v) is 4.60. The van der Waals surface area contributed by atoms with Crippen molar-refractivity contribution in [3.8, 4) is 11.1 Å². The number of carbonyl (C=O) groups is 1. The molecular weight excluding hydrogens is 370 g/mol. The Bertz CT molecular complexity index is 1300. The number of fused-ring (bicyclic) bond motifs is 2. The number of nitrogens with zero attached hydrogens (tertiary/aromatic N) is 2. The molecule has 1 saturated heterocycles. The zero-order chi connectivity index (χ0) is 20.5. The summed E-state index contributed by atoms with van der Waals surface area (Å²) >= 11 is 0. The van der Waals surface area contributed by atoms with Gasteiger partial charge in [-0.25, -0.2) is 0 Å². The van der Waals surface area contributed by atoms with Crippen molar-refractivity contribution in [2.24, 2.45) is 0 Å². The summed E-state index contributed by atoms with van der Waals surface area (Å²) in [5.74, 6) is 0. The van der Waals surface area contributed by atoms with Crippen LogP contribution in [0.15, 0.2) is 66.9 Å². The van der Waals surface area contributed by atoms with Crippen molar-refractivity contribution < 1.29 is 4.79 Å². The van der Waals surface area contributed by atoms with Crippen LogP contribution in [0.3, 0.4) is 0 Å². The van der Waals surface area contributed by atoms with Gasteiger partial charge in [-0.2, -0.15) is 0 Å². The van der Waals surface area contributed by atoms with E-state index < -0.39 is 0 Å². The highest BCUT2D eigenvalue weighted by Gasteiger charge is 2.13. The summed E-state index contributed by atoms with van der Waals surface area (Å²) in [4.78, 5) is 14.2. The molecule has 2 heterocycles. The van der Waals surface area contributed by atoms with E-state index in [0.717, 1.165) is 58.7 Å². The van der Waals surface area contributed by atoms with Gasteiger partial charge in [-0.1, -0.05) is 48.9 Å². The molecule has 1 aliphatic rings. The minimum absolute atomic E-state index is 0.221. The second kappa shape index (κ2) is 7.88. The molecule has 3 aromatic carbocycles. The topological polar surface area (TPSA) is 49.1 Å². The number of pyridine rings is 1. The SMILES string of the molecule is N=c1c2cc3ccccc3cc2c(-c2cccc(CN3CCCCC3)c2)cn1C=O. The summed E-state index contributed by atoms with van der Waals surface area (Å²) in [5, 5.41) is 12.5. The molecule has 0 spiro atoms. The Balaban J connectivity index is 1.67. The first-order valence-corrected chi connectivity index (χ1v) is 10.6. The Morgan fingerprint density at radius 3 is 2.33 bits per heavy atom. The number of aromatic nitrogens is 1. The first-order chi connectivity index (χ1) is 14.7. The quantitative estimate of drug-likeness (QED) is 0.392. The minimum Gasteiger partial charge on any atom is -0.299 e. The van der Waals surface area contributed by atoms with Crippen LogP contribution in [0.1, 0.15) is 24.8 Å². The van der Waals surface area contributed by atoms with Gasteiger partial charge in [-0.3, -0.25) is 19.7 Å². The maximum atomic E-state index is 11.7. The molecule has 1 aromatic heterocycles. The lowest BCUT2D eigenvalue weighted by atomic mass is 9.96. The summed E-state index contributed by atoms with van der Waals surface area (Å²) in [5.41, 5.74) is 3.58. The van der Waals surface area contributed by atoms with Gasteiger partial charge in [0.25, 0.3) is 0 Å². The molecule has 4 heteroatoms. The molecule has 0 aliphatic carbocycles. The molecule has 0 bridgehead atoms. The smallest absolute Gasteiger partial charge is 0.219 e. The van der Waals surface area contributed by atoms with Crippen LogP contribution >= 0.6 is 0 Å². The van der Waals surface area contributed by atoms with E-state index in [1.807, 2.05) is 24.3 Å². The van der Waals surface area contributed by atoms with Gasteiger partial charge >= 0.3 is 0 Å². The van der Waals surface area contributed by atoms with Crippen molar-refractivity contribution in [3.63, 3.8) is 0 Å². The normalized spacial score (nSPS) is 14.9. The van der Waals surface area contributed by atoms with Crippen LogP contribution < -0.4 is 5.49 Å². The van der Waals surface area contributed by atoms with Crippen molar-refractivity contribution in [2.45, 2.75) is 25.8 Å². The zero-order valence-electron chi connectivity index (χ0n) is 17.0. The minimum atomic E-state index is 0.221. The van der Waals surface area contributed by atoms with E-state index in [1.54, 1.807) is 6.20 Å². The van der Waals surface area contributed by atoms with Crippen molar-refractivity contribution in [2.75, 3.05) is 13.1 Å². The highest BCUT2D eigenvalue weighted by molar-refractivity contribution is 6.04. The molecule has 0 unspecified atom stereocenters. The van der Waals surface area contributed by atoms with Gasteiger partial charge in [-0.05, 0) is 71.4 Å². The lowest BCUT2D eigenvalue weighted by Crippen LogP contribution is -2.29. The molecule has 1 N–H and O–H groups in total. The van der Waals surface area contributed by atoms with Gasteiger partial charge in [-0.15, -0.1) is 0 Å². The number of nitrogens with one attached hydrogen (secondary N) is 1. The molecule has 4 nitrogen and oxygen atoms in total. The summed E-state index contributed by atoms with van der Waals surface area (Å²) < 4.78 is 1.38. The summed E-state index contributed by atoms with van der Waals surface area (Å²) in [6.45, 7) is 3.29. The van der Waals surface area contributed by atoms with Gasteiger partial charge < -0.3 is 0 Å². The number of benzene rings is 3. The second-order valence-corrected chi connectivity index (χ2v) is 8.19. The van der Waals surface area contributed by atoms with E-state index in [4.69, 9.17) is 5.41 Å². The van der Waals surface area contributed by atoms with Crippen LogP contribution in [-0.2, 0) is 11.3 Å². The van der Waals surface area contributed by atoms with E-state index in [2.05, 4.69) is 41.3 Å². The molecule has 150 valence electrons. The van der Waals surface area contributed by atoms with Crippen LogP contribution in [0.25, 0.3) is 32.7 Å². The predicted octanol–water partition coefficient (Wildman–Crippen LogP) is 4.97. The van der Waals surface area contributed by atoms with E-state index in [-0.39, 0.29) is 5.49 Å². The van der Waals surface area contributed by atoms with E-state index in [0.29, 0.717) is 0 Å². The standard InChI is InChI=1S/C26H25N3O/c27-26-24-15-21-9-3-2-8-20(21)14-23(24)25(17-29(26)18-30)22-10-6-7-19(13-22)16-28-11-4-1-5-12-28/h2-3,6-10,13-15,17-18,27H,1,4-5,11-12,16H2. The molecule has 0 amide bonds. The number of hydrogen-bond donors (Lipinski definition) is 1. The fourth-order valence-electron chi connectivity index (χ4n) is 4.60. The Labute approximate surface area is 175 Å².